The van der Waals surface area contributed by atoms with Crippen LogP contribution < -0.4 is 10.2 Å². The maximum atomic E-state index is 14.1. The van der Waals surface area contributed by atoms with Crippen LogP contribution in [0, 0.1) is 11.7 Å². The quantitative estimate of drug-likeness (QED) is 0.675. The van der Waals surface area contributed by atoms with Crippen LogP contribution in [0.3, 0.4) is 0 Å². The molecule has 0 saturated heterocycles. The summed E-state index contributed by atoms with van der Waals surface area (Å²) in [6.45, 7) is 4.16. The number of rotatable bonds is 3. The van der Waals surface area contributed by atoms with E-state index < -0.39 is 11.4 Å². The molecule has 1 aliphatic carbocycles. The number of aromatic nitrogens is 1. The molecule has 5 rings (SSSR count). The van der Waals surface area contributed by atoms with Crippen LogP contribution in [0.2, 0.25) is 0 Å². The van der Waals surface area contributed by atoms with Crippen molar-refractivity contribution in [2.45, 2.75) is 57.7 Å². The van der Waals surface area contributed by atoms with Gasteiger partial charge in [0.15, 0.2) is 5.58 Å². The van der Waals surface area contributed by atoms with Crippen LogP contribution in [0.5, 0.6) is 0 Å². The molecule has 0 spiro atoms. The summed E-state index contributed by atoms with van der Waals surface area (Å²) in [5.41, 5.74) is 0.928. The standard InChI is InChI=1S/C24H26FN3O3/c1-15-6-3-4-9-18(15)26-23(30)24(2)14-27-19-10-11-31-21(19)13-20(27)22(29)28(24)17-8-5-7-16(25)12-17/h5,7-8,10-13,15,18H,3-4,6,9,14H2,1-2H3,(H,26,30)/t15-,18-,24-/m1/s1. The molecule has 3 atom stereocenters. The topological polar surface area (TPSA) is 67.5 Å². The average molecular weight is 423 g/mol. The van der Waals surface area contributed by atoms with Gasteiger partial charge in [-0.05, 0) is 43.9 Å². The first kappa shape index (κ1) is 19.8. The molecule has 1 aromatic carbocycles. The molecule has 31 heavy (non-hydrogen) atoms. The molecule has 2 aliphatic rings. The minimum atomic E-state index is -1.22. The molecule has 0 bridgehead atoms. The molecular formula is C24H26FN3O3. The van der Waals surface area contributed by atoms with Crippen LogP contribution in [0.1, 0.15) is 50.0 Å². The van der Waals surface area contributed by atoms with Crippen LogP contribution >= 0.6 is 0 Å². The fourth-order valence-electron chi connectivity index (χ4n) is 5.09. The van der Waals surface area contributed by atoms with E-state index in [1.165, 1.54) is 23.5 Å². The molecule has 1 saturated carbocycles. The number of amides is 2. The van der Waals surface area contributed by atoms with Crippen molar-refractivity contribution >= 4 is 28.6 Å². The van der Waals surface area contributed by atoms with Crippen LogP contribution in [0.4, 0.5) is 10.1 Å². The van der Waals surface area contributed by atoms with Crippen LogP contribution in [-0.4, -0.2) is 28.0 Å². The highest BCUT2D eigenvalue weighted by Crippen LogP contribution is 2.37. The van der Waals surface area contributed by atoms with Gasteiger partial charge >= 0.3 is 0 Å². The third-order valence-corrected chi connectivity index (χ3v) is 6.89. The van der Waals surface area contributed by atoms with Crippen LogP contribution in [0.25, 0.3) is 11.1 Å². The Morgan fingerprint density at radius 2 is 2.03 bits per heavy atom. The molecule has 3 aromatic rings. The Kier molecular flexibility index (Phi) is 4.64. The highest BCUT2D eigenvalue weighted by atomic mass is 19.1. The van der Waals surface area contributed by atoms with Gasteiger partial charge in [0.2, 0.25) is 5.91 Å². The lowest BCUT2D eigenvalue weighted by Crippen LogP contribution is -2.65. The minimum absolute atomic E-state index is 0.0718. The Bertz CT molecular complexity index is 1170. The van der Waals surface area contributed by atoms with Crippen molar-refractivity contribution in [2.24, 2.45) is 5.92 Å². The maximum Gasteiger partial charge on any atom is 0.276 e. The Hall–Kier alpha value is -3.09. The number of carbonyl (C=O) groups excluding carboxylic acids is 2. The first-order chi connectivity index (χ1) is 14.9. The fourth-order valence-corrected chi connectivity index (χ4v) is 5.09. The summed E-state index contributed by atoms with van der Waals surface area (Å²) in [6, 6.07) is 9.40. The molecule has 2 amide bonds. The SMILES string of the molecule is C[C@@H]1CCCC[C@H]1NC(=O)[C@@]1(C)Cn2c(cc3occc32)C(=O)N1c1cccc(F)c1. The van der Waals surface area contributed by atoms with Gasteiger partial charge in [-0.25, -0.2) is 4.39 Å². The number of carbonyl (C=O) groups is 2. The van der Waals surface area contributed by atoms with Crippen molar-refractivity contribution in [2.75, 3.05) is 4.90 Å². The van der Waals surface area contributed by atoms with Crippen molar-refractivity contribution in [1.82, 2.24) is 9.88 Å². The largest absolute Gasteiger partial charge is 0.463 e. The summed E-state index contributed by atoms with van der Waals surface area (Å²) in [5, 5.41) is 3.22. The van der Waals surface area contributed by atoms with Gasteiger partial charge in [0.1, 0.15) is 17.1 Å². The number of hydrogen-bond acceptors (Lipinski definition) is 3. The van der Waals surface area contributed by atoms with Gasteiger partial charge < -0.3 is 14.3 Å². The van der Waals surface area contributed by atoms with Gasteiger partial charge in [-0.3, -0.25) is 14.5 Å². The third kappa shape index (κ3) is 3.14. The average Bonchev–Trinajstić information content (AvgIpc) is 3.32. The van der Waals surface area contributed by atoms with Crippen molar-refractivity contribution in [1.29, 1.82) is 0 Å². The molecule has 0 radical (unpaired) electrons. The number of hydrogen-bond donors (Lipinski definition) is 1. The molecule has 3 heterocycles. The second kappa shape index (κ2) is 7.25. The zero-order valence-corrected chi connectivity index (χ0v) is 17.7. The first-order valence-corrected chi connectivity index (χ1v) is 10.9. The van der Waals surface area contributed by atoms with E-state index in [0.717, 1.165) is 24.8 Å². The Morgan fingerprint density at radius 3 is 2.81 bits per heavy atom. The molecule has 6 nitrogen and oxygen atoms in total. The first-order valence-electron chi connectivity index (χ1n) is 10.9. The van der Waals surface area contributed by atoms with Gasteiger partial charge in [0.25, 0.3) is 5.91 Å². The van der Waals surface area contributed by atoms with E-state index in [4.69, 9.17) is 4.42 Å². The predicted octanol–water partition coefficient (Wildman–Crippen LogP) is 4.49. The number of halogens is 1. The second-order valence-electron chi connectivity index (χ2n) is 9.02. The summed E-state index contributed by atoms with van der Waals surface area (Å²) >= 11 is 0. The summed E-state index contributed by atoms with van der Waals surface area (Å²) in [6.07, 6.45) is 5.82. The predicted molar refractivity (Wildman–Crippen MR) is 115 cm³/mol. The zero-order valence-electron chi connectivity index (χ0n) is 17.7. The smallest absolute Gasteiger partial charge is 0.276 e. The summed E-state index contributed by atoms with van der Waals surface area (Å²) in [4.78, 5) is 28.8. The van der Waals surface area contributed by atoms with Gasteiger partial charge in [-0.15, -0.1) is 0 Å². The van der Waals surface area contributed by atoms with Crippen molar-refractivity contribution < 1.29 is 18.4 Å². The Labute approximate surface area is 180 Å². The van der Waals surface area contributed by atoms with Crippen LogP contribution in [0.15, 0.2) is 47.1 Å². The Morgan fingerprint density at radius 1 is 1.23 bits per heavy atom. The van der Waals surface area contributed by atoms with Gasteiger partial charge in [-0.2, -0.15) is 0 Å². The molecular weight excluding hydrogens is 397 g/mol. The lowest BCUT2D eigenvalue weighted by Gasteiger charge is -2.45. The molecule has 1 aliphatic heterocycles. The number of fused-ring (bicyclic) bond motifs is 3. The van der Waals surface area contributed by atoms with Crippen molar-refractivity contribution in [3.63, 3.8) is 0 Å². The number of anilines is 1. The maximum absolute atomic E-state index is 14.1. The minimum Gasteiger partial charge on any atom is -0.463 e. The molecule has 7 heteroatoms. The van der Waals surface area contributed by atoms with E-state index >= 15 is 0 Å². The monoisotopic (exact) mass is 423 g/mol. The molecule has 1 N–H and O–H groups in total. The van der Waals surface area contributed by atoms with E-state index in [0.29, 0.717) is 22.9 Å². The summed E-state index contributed by atoms with van der Waals surface area (Å²) < 4.78 is 21.4. The van der Waals surface area contributed by atoms with E-state index in [1.54, 1.807) is 37.5 Å². The normalized spacial score (nSPS) is 26.2. The van der Waals surface area contributed by atoms with Gasteiger partial charge in [0.05, 0.1) is 18.3 Å². The second-order valence-corrected chi connectivity index (χ2v) is 9.02. The molecule has 2 aromatic heterocycles. The highest BCUT2D eigenvalue weighted by molar-refractivity contribution is 6.13. The van der Waals surface area contributed by atoms with Crippen LogP contribution in [-0.2, 0) is 11.3 Å². The van der Waals surface area contributed by atoms with Gasteiger partial charge in [-0.1, -0.05) is 25.8 Å². The van der Waals surface area contributed by atoms with Crippen molar-refractivity contribution in [3.05, 3.63) is 54.2 Å². The summed E-state index contributed by atoms with van der Waals surface area (Å²) in [7, 11) is 0. The summed E-state index contributed by atoms with van der Waals surface area (Å²) in [5.74, 6) is -0.646. The number of nitrogens with zero attached hydrogens (tertiary/aromatic N) is 2. The van der Waals surface area contributed by atoms with Crippen molar-refractivity contribution in [3.8, 4) is 0 Å². The lowest BCUT2D eigenvalue weighted by molar-refractivity contribution is -0.127. The fraction of sp³-hybridized carbons (Fsp3) is 0.417. The Balaban J connectivity index is 1.60. The van der Waals surface area contributed by atoms with E-state index in [1.807, 2.05) is 4.57 Å². The molecule has 1 fully saturated rings. The van der Waals surface area contributed by atoms with E-state index in [-0.39, 0.29) is 24.4 Å². The number of furan rings is 1. The lowest BCUT2D eigenvalue weighted by atomic mass is 9.85. The molecule has 0 unspecified atom stereocenters. The zero-order chi connectivity index (χ0) is 21.8. The van der Waals surface area contributed by atoms with E-state index in [2.05, 4.69) is 12.2 Å². The number of nitrogens with one attached hydrogen (secondary N) is 1. The van der Waals surface area contributed by atoms with Gasteiger partial charge in [0, 0.05) is 23.9 Å². The van der Waals surface area contributed by atoms with E-state index in [9.17, 15) is 14.0 Å². The number of benzene rings is 1. The highest BCUT2D eigenvalue weighted by Gasteiger charge is 2.49. The third-order valence-electron chi connectivity index (χ3n) is 6.89. The molecule has 162 valence electrons.